The number of rotatable bonds is 4. The third kappa shape index (κ3) is 3.83. The van der Waals surface area contributed by atoms with Crippen molar-refractivity contribution in [2.75, 3.05) is 19.6 Å². The van der Waals surface area contributed by atoms with Crippen LogP contribution in [0.1, 0.15) is 49.3 Å². The van der Waals surface area contributed by atoms with Crippen molar-refractivity contribution in [1.29, 1.82) is 0 Å². The van der Waals surface area contributed by atoms with Gasteiger partial charge in [0.15, 0.2) is 0 Å². The maximum atomic E-state index is 12.3. The normalized spacial score (nSPS) is 25.1. The number of carbonyl (C=O) groups excluding carboxylic acids is 1. The highest BCUT2D eigenvalue weighted by Gasteiger charge is 2.49. The largest absolute Gasteiger partial charge is 0.480 e. The Morgan fingerprint density at radius 1 is 1.19 bits per heavy atom. The van der Waals surface area contributed by atoms with E-state index in [0.29, 0.717) is 24.7 Å². The molecule has 1 amide bonds. The fourth-order valence-corrected chi connectivity index (χ4v) is 4.76. The summed E-state index contributed by atoms with van der Waals surface area (Å²) >= 11 is 0. The van der Waals surface area contributed by atoms with Gasteiger partial charge in [0.1, 0.15) is 11.9 Å². The highest BCUT2D eigenvalue weighted by atomic mass is 16.4. The van der Waals surface area contributed by atoms with Crippen molar-refractivity contribution in [3.05, 3.63) is 23.3 Å². The molecule has 1 aliphatic carbocycles. The van der Waals surface area contributed by atoms with Gasteiger partial charge in [-0.25, -0.2) is 9.97 Å². The Morgan fingerprint density at radius 2 is 1.81 bits per heavy atom. The molecule has 1 aromatic rings. The summed E-state index contributed by atoms with van der Waals surface area (Å²) in [5.41, 5.74) is 1.80. The molecule has 1 saturated carbocycles. The fraction of sp³-hybridized carbons (Fsp3) is 0.700. The smallest absolute Gasteiger partial charge is 0.320 e. The van der Waals surface area contributed by atoms with Gasteiger partial charge in [0.05, 0.1) is 6.54 Å². The summed E-state index contributed by atoms with van der Waals surface area (Å²) < 4.78 is 0. The van der Waals surface area contributed by atoms with E-state index < -0.39 is 12.0 Å². The van der Waals surface area contributed by atoms with Crippen LogP contribution in [-0.4, -0.2) is 62.4 Å². The highest BCUT2D eigenvalue weighted by Crippen LogP contribution is 2.44. The van der Waals surface area contributed by atoms with Gasteiger partial charge in [0.2, 0.25) is 5.91 Å². The lowest BCUT2D eigenvalue weighted by atomic mass is 9.76. The maximum absolute atomic E-state index is 12.3. The van der Waals surface area contributed by atoms with E-state index in [2.05, 4.69) is 9.97 Å². The van der Waals surface area contributed by atoms with Crippen LogP contribution in [-0.2, 0) is 16.1 Å². The lowest BCUT2D eigenvalue weighted by Crippen LogP contribution is -2.44. The number of aryl methyl sites for hydroxylation is 2. The SMILES string of the molecule is Cc1cc(C)nc(CN2CC3(CCN(C(=O)C4CC4)CC3)CC2C(=O)O)n1. The molecule has 1 spiro atoms. The average molecular weight is 372 g/mol. The van der Waals surface area contributed by atoms with Crippen LogP contribution >= 0.6 is 0 Å². The van der Waals surface area contributed by atoms with Crippen LogP contribution in [0.15, 0.2) is 6.07 Å². The van der Waals surface area contributed by atoms with Crippen LogP contribution < -0.4 is 0 Å². The van der Waals surface area contributed by atoms with Gasteiger partial charge in [-0.2, -0.15) is 0 Å². The molecule has 3 heterocycles. The molecule has 1 N–H and O–H groups in total. The van der Waals surface area contributed by atoms with E-state index in [1.165, 1.54) is 0 Å². The van der Waals surface area contributed by atoms with Gasteiger partial charge < -0.3 is 10.0 Å². The Labute approximate surface area is 159 Å². The highest BCUT2D eigenvalue weighted by molar-refractivity contribution is 5.81. The molecule has 0 radical (unpaired) electrons. The van der Waals surface area contributed by atoms with E-state index in [1.807, 2.05) is 29.7 Å². The van der Waals surface area contributed by atoms with Crippen LogP contribution in [0.2, 0.25) is 0 Å². The number of aromatic nitrogens is 2. The molecule has 146 valence electrons. The van der Waals surface area contributed by atoms with E-state index in [4.69, 9.17) is 0 Å². The Balaban J connectivity index is 1.45. The molecule has 2 aliphatic heterocycles. The van der Waals surface area contributed by atoms with Crippen molar-refractivity contribution in [2.24, 2.45) is 11.3 Å². The van der Waals surface area contributed by atoms with Crippen LogP contribution in [0.5, 0.6) is 0 Å². The molecule has 4 rings (SSSR count). The number of likely N-dealkylation sites (tertiary alicyclic amines) is 2. The van der Waals surface area contributed by atoms with Gasteiger partial charge in [-0.1, -0.05) is 0 Å². The summed E-state index contributed by atoms with van der Waals surface area (Å²) in [6.07, 6.45) is 4.49. The second-order valence-electron chi connectivity index (χ2n) is 8.63. The minimum atomic E-state index is -0.771. The van der Waals surface area contributed by atoms with Crippen molar-refractivity contribution in [3.8, 4) is 0 Å². The number of hydrogen-bond donors (Lipinski definition) is 1. The molecule has 3 aliphatic rings. The lowest BCUT2D eigenvalue weighted by Gasteiger charge is -2.39. The van der Waals surface area contributed by atoms with E-state index in [-0.39, 0.29) is 11.3 Å². The van der Waals surface area contributed by atoms with Crippen LogP contribution in [0.25, 0.3) is 0 Å². The van der Waals surface area contributed by atoms with Gasteiger partial charge in [-0.15, -0.1) is 0 Å². The number of hydrogen-bond acceptors (Lipinski definition) is 5. The summed E-state index contributed by atoms with van der Waals surface area (Å²) in [5, 5.41) is 9.76. The molecule has 2 saturated heterocycles. The summed E-state index contributed by atoms with van der Waals surface area (Å²) in [7, 11) is 0. The first-order valence-corrected chi connectivity index (χ1v) is 9.92. The number of piperidine rings is 1. The average Bonchev–Trinajstić information content (AvgIpc) is 3.38. The monoisotopic (exact) mass is 372 g/mol. The molecular formula is C20H28N4O3. The van der Waals surface area contributed by atoms with E-state index in [0.717, 1.165) is 56.7 Å². The Hall–Kier alpha value is -2.02. The molecule has 27 heavy (non-hydrogen) atoms. The van der Waals surface area contributed by atoms with Crippen molar-refractivity contribution in [2.45, 2.75) is 58.5 Å². The quantitative estimate of drug-likeness (QED) is 0.867. The summed E-state index contributed by atoms with van der Waals surface area (Å²) in [6, 6.07) is 1.43. The number of nitrogens with zero attached hydrogens (tertiary/aromatic N) is 4. The molecule has 0 aromatic carbocycles. The first kappa shape index (κ1) is 18.3. The van der Waals surface area contributed by atoms with Gasteiger partial charge in [-0.3, -0.25) is 14.5 Å². The predicted molar refractivity (Wildman–Crippen MR) is 98.9 cm³/mol. The van der Waals surface area contributed by atoms with Crippen molar-refractivity contribution in [3.63, 3.8) is 0 Å². The number of carboxylic acids is 1. The second kappa shape index (κ2) is 6.86. The molecule has 1 atom stereocenters. The van der Waals surface area contributed by atoms with Crippen molar-refractivity contribution >= 4 is 11.9 Å². The number of carbonyl (C=O) groups is 2. The van der Waals surface area contributed by atoms with Gasteiger partial charge in [0.25, 0.3) is 0 Å². The maximum Gasteiger partial charge on any atom is 0.320 e. The van der Waals surface area contributed by atoms with Crippen LogP contribution in [0.4, 0.5) is 0 Å². The zero-order valence-corrected chi connectivity index (χ0v) is 16.1. The Morgan fingerprint density at radius 3 is 2.37 bits per heavy atom. The molecule has 7 nitrogen and oxygen atoms in total. The molecule has 3 fully saturated rings. The Bertz CT molecular complexity index is 733. The van der Waals surface area contributed by atoms with Crippen LogP contribution in [0.3, 0.4) is 0 Å². The van der Waals surface area contributed by atoms with Crippen LogP contribution in [0, 0.1) is 25.2 Å². The van der Waals surface area contributed by atoms with Crippen molar-refractivity contribution < 1.29 is 14.7 Å². The second-order valence-corrected chi connectivity index (χ2v) is 8.63. The van der Waals surface area contributed by atoms with E-state index in [9.17, 15) is 14.7 Å². The summed E-state index contributed by atoms with van der Waals surface area (Å²) in [5.74, 6) is 0.482. The standard InChI is InChI=1S/C20H28N4O3/c1-13-9-14(2)22-17(21-13)11-24-12-20(10-16(24)19(26)27)5-7-23(8-6-20)18(25)15-3-4-15/h9,15-16H,3-8,10-12H2,1-2H3,(H,26,27). The number of carboxylic acid groups (broad SMARTS) is 1. The predicted octanol–water partition coefficient (Wildman–Crippen LogP) is 1.77. The Kier molecular flexibility index (Phi) is 4.66. The molecule has 7 heteroatoms. The van der Waals surface area contributed by atoms with Crippen molar-refractivity contribution in [1.82, 2.24) is 19.8 Å². The molecule has 0 bridgehead atoms. The number of aliphatic carboxylic acids is 1. The third-order valence-corrected chi connectivity index (χ3v) is 6.33. The lowest BCUT2D eigenvalue weighted by molar-refractivity contribution is -0.142. The topological polar surface area (TPSA) is 86.6 Å². The van der Waals surface area contributed by atoms with Gasteiger partial charge >= 0.3 is 5.97 Å². The minimum absolute atomic E-state index is 0.0116. The first-order valence-electron chi connectivity index (χ1n) is 9.92. The van der Waals surface area contributed by atoms with E-state index >= 15 is 0 Å². The molecule has 1 aromatic heterocycles. The fourth-order valence-electron chi connectivity index (χ4n) is 4.76. The zero-order valence-electron chi connectivity index (χ0n) is 16.1. The molecular weight excluding hydrogens is 344 g/mol. The summed E-state index contributed by atoms with van der Waals surface area (Å²) in [4.78, 5) is 37.2. The van der Waals surface area contributed by atoms with Gasteiger partial charge in [0, 0.05) is 36.9 Å². The molecule has 1 unspecified atom stereocenters. The third-order valence-electron chi connectivity index (χ3n) is 6.33. The first-order chi connectivity index (χ1) is 12.8. The van der Waals surface area contributed by atoms with Gasteiger partial charge in [-0.05, 0) is 57.4 Å². The minimum Gasteiger partial charge on any atom is -0.480 e. The number of amides is 1. The van der Waals surface area contributed by atoms with E-state index in [1.54, 1.807) is 0 Å². The zero-order chi connectivity index (χ0) is 19.2. The summed E-state index contributed by atoms with van der Waals surface area (Å²) in [6.45, 7) is 6.60.